The number of hydrogen-bond donors (Lipinski definition) is 0. The van der Waals surface area contributed by atoms with E-state index in [2.05, 4.69) is 16.8 Å². The molecule has 0 spiro atoms. The molecule has 1 aliphatic rings. The van der Waals surface area contributed by atoms with Crippen LogP contribution in [0.1, 0.15) is 13.3 Å². The molecular weight excluding hydrogens is 248 g/mol. The van der Waals surface area contributed by atoms with Gasteiger partial charge in [0.25, 0.3) is 9.05 Å². The van der Waals surface area contributed by atoms with Crippen LogP contribution in [0.15, 0.2) is 23.2 Å². The quantitative estimate of drug-likeness (QED) is 0.762. The first-order valence-electron chi connectivity index (χ1n) is 5.12. The van der Waals surface area contributed by atoms with Gasteiger partial charge in [-0.25, -0.2) is 13.4 Å². The highest BCUT2D eigenvalue weighted by Gasteiger charge is 2.20. The van der Waals surface area contributed by atoms with Crippen molar-refractivity contribution in [2.75, 3.05) is 18.0 Å². The summed E-state index contributed by atoms with van der Waals surface area (Å²) in [5.74, 6) is 1.48. The molecule has 1 atom stereocenters. The Morgan fingerprint density at radius 2 is 2.25 bits per heavy atom. The minimum atomic E-state index is -3.66. The lowest BCUT2D eigenvalue weighted by molar-refractivity contribution is 0.609. The Kier molecular flexibility index (Phi) is 3.08. The third kappa shape index (κ3) is 2.47. The van der Waals surface area contributed by atoms with E-state index in [1.807, 2.05) is 0 Å². The number of nitrogens with zero attached hydrogens (tertiary/aromatic N) is 2. The molecule has 0 amide bonds. The molecule has 1 aromatic heterocycles. The molecule has 1 saturated heterocycles. The number of aromatic nitrogens is 1. The average molecular weight is 261 g/mol. The number of rotatable bonds is 2. The average Bonchev–Trinajstić information content (AvgIpc) is 2.64. The van der Waals surface area contributed by atoms with Crippen LogP contribution in [0.25, 0.3) is 0 Å². The van der Waals surface area contributed by atoms with Crippen molar-refractivity contribution < 1.29 is 8.42 Å². The zero-order chi connectivity index (χ0) is 11.8. The highest BCUT2D eigenvalue weighted by molar-refractivity contribution is 8.13. The van der Waals surface area contributed by atoms with Gasteiger partial charge in [0.15, 0.2) is 0 Å². The molecule has 1 aliphatic heterocycles. The molecule has 0 bridgehead atoms. The molecular formula is C10H13ClN2O2S. The molecule has 0 radical (unpaired) electrons. The fourth-order valence-electron chi connectivity index (χ4n) is 1.85. The van der Waals surface area contributed by atoms with Crippen LogP contribution in [0, 0.1) is 5.92 Å². The third-order valence-corrected chi connectivity index (χ3v) is 4.09. The normalized spacial score (nSPS) is 21.4. The fourth-order valence-corrected chi connectivity index (χ4v) is 2.53. The van der Waals surface area contributed by atoms with Gasteiger partial charge < -0.3 is 4.90 Å². The van der Waals surface area contributed by atoms with Crippen molar-refractivity contribution in [3.8, 4) is 0 Å². The van der Waals surface area contributed by atoms with Crippen LogP contribution in [0.2, 0.25) is 0 Å². The summed E-state index contributed by atoms with van der Waals surface area (Å²) in [6.45, 7) is 4.14. The van der Waals surface area contributed by atoms with Gasteiger partial charge in [0.1, 0.15) is 10.7 Å². The third-order valence-electron chi connectivity index (χ3n) is 2.75. The van der Waals surface area contributed by atoms with E-state index in [1.165, 1.54) is 12.3 Å². The van der Waals surface area contributed by atoms with E-state index in [9.17, 15) is 8.42 Å². The highest BCUT2D eigenvalue weighted by Crippen LogP contribution is 2.23. The van der Waals surface area contributed by atoms with Crippen molar-refractivity contribution in [1.82, 2.24) is 4.98 Å². The minimum Gasteiger partial charge on any atom is -0.356 e. The van der Waals surface area contributed by atoms with Crippen LogP contribution in [0.4, 0.5) is 5.82 Å². The lowest BCUT2D eigenvalue weighted by Gasteiger charge is -2.16. The van der Waals surface area contributed by atoms with Gasteiger partial charge in [0, 0.05) is 30.0 Å². The lowest BCUT2D eigenvalue weighted by atomic mass is 10.2. The molecule has 1 unspecified atom stereocenters. The Morgan fingerprint density at radius 3 is 2.69 bits per heavy atom. The van der Waals surface area contributed by atoms with Crippen LogP contribution in [-0.4, -0.2) is 26.5 Å². The zero-order valence-corrected chi connectivity index (χ0v) is 10.5. The fraction of sp³-hybridized carbons (Fsp3) is 0.500. The second kappa shape index (κ2) is 4.22. The van der Waals surface area contributed by atoms with Crippen molar-refractivity contribution in [3.63, 3.8) is 0 Å². The van der Waals surface area contributed by atoms with E-state index in [1.54, 1.807) is 6.07 Å². The predicted molar refractivity (Wildman–Crippen MR) is 63.3 cm³/mol. The molecule has 1 fully saturated rings. The van der Waals surface area contributed by atoms with E-state index in [0.717, 1.165) is 25.3 Å². The van der Waals surface area contributed by atoms with Gasteiger partial charge in [0.05, 0.1) is 0 Å². The van der Waals surface area contributed by atoms with E-state index >= 15 is 0 Å². The van der Waals surface area contributed by atoms with Crippen LogP contribution in [-0.2, 0) is 9.05 Å². The Balaban J connectivity index is 2.20. The summed E-state index contributed by atoms with van der Waals surface area (Å²) in [6, 6.07) is 3.20. The molecule has 6 heteroatoms. The lowest BCUT2D eigenvalue weighted by Crippen LogP contribution is -2.20. The predicted octanol–water partition coefficient (Wildman–Crippen LogP) is 1.86. The maximum atomic E-state index is 11.0. The molecule has 16 heavy (non-hydrogen) atoms. The SMILES string of the molecule is CC1CCN(c2ccc(S(=O)(=O)Cl)cn2)C1. The second-order valence-corrected chi connectivity index (χ2v) is 6.70. The number of pyridine rings is 1. The smallest absolute Gasteiger partial charge is 0.262 e. The molecule has 4 nitrogen and oxygen atoms in total. The van der Waals surface area contributed by atoms with E-state index < -0.39 is 9.05 Å². The first kappa shape index (κ1) is 11.7. The summed E-state index contributed by atoms with van der Waals surface area (Å²) in [5, 5.41) is 0. The number of anilines is 1. The standard InChI is InChI=1S/C10H13ClN2O2S/c1-8-4-5-13(7-8)10-3-2-9(6-12-10)16(11,14)15/h2-3,6,8H,4-5,7H2,1H3. The van der Waals surface area contributed by atoms with Crippen molar-refractivity contribution in [3.05, 3.63) is 18.3 Å². The summed E-state index contributed by atoms with van der Waals surface area (Å²) in [6.07, 6.45) is 2.46. The molecule has 2 rings (SSSR count). The summed E-state index contributed by atoms with van der Waals surface area (Å²) in [4.78, 5) is 6.32. The Morgan fingerprint density at radius 1 is 1.50 bits per heavy atom. The van der Waals surface area contributed by atoms with Gasteiger partial charge in [-0.1, -0.05) is 6.92 Å². The first-order chi connectivity index (χ1) is 7.47. The molecule has 1 aromatic rings. The monoisotopic (exact) mass is 260 g/mol. The summed E-state index contributed by atoms with van der Waals surface area (Å²) >= 11 is 0. The minimum absolute atomic E-state index is 0.0464. The van der Waals surface area contributed by atoms with Gasteiger partial charge in [-0.3, -0.25) is 0 Å². The zero-order valence-electron chi connectivity index (χ0n) is 8.93. The van der Waals surface area contributed by atoms with Crippen LogP contribution >= 0.6 is 10.7 Å². The van der Waals surface area contributed by atoms with Crippen molar-refractivity contribution in [1.29, 1.82) is 0 Å². The van der Waals surface area contributed by atoms with Crippen molar-refractivity contribution in [2.45, 2.75) is 18.2 Å². The van der Waals surface area contributed by atoms with Crippen molar-refractivity contribution in [2.24, 2.45) is 5.92 Å². The van der Waals surface area contributed by atoms with Gasteiger partial charge >= 0.3 is 0 Å². The maximum absolute atomic E-state index is 11.0. The molecule has 88 valence electrons. The van der Waals surface area contributed by atoms with Crippen LogP contribution < -0.4 is 4.90 Å². The van der Waals surface area contributed by atoms with Crippen LogP contribution in [0.5, 0.6) is 0 Å². The summed E-state index contributed by atoms with van der Waals surface area (Å²) in [7, 11) is 1.55. The van der Waals surface area contributed by atoms with E-state index in [4.69, 9.17) is 10.7 Å². The van der Waals surface area contributed by atoms with Crippen molar-refractivity contribution >= 4 is 25.6 Å². The largest absolute Gasteiger partial charge is 0.356 e. The Hall–Kier alpha value is -0.810. The highest BCUT2D eigenvalue weighted by atomic mass is 35.7. The topological polar surface area (TPSA) is 50.3 Å². The van der Waals surface area contributed by atoms with Gasteiger partial charge in [0.2, 0.25) is 0 Å². The molecule has 0 aromatic carbocycles. The maximum Gasteiger partial charge on any atom is 0.262 e. The second-order valence-electron chi connectivity index (χ2n) is 4.13. The molecule has 0 N–H and O–H groups in total. The van der Waals surface area contributed by atoms with Gasteiger partial charge in [-0.15, -0.1) is 0 Å². The van der Waals surface area contributed by atoms with Gasteiger partial charge in [-0.05, 0) is 24.5 Å². The Bertz CT molecular complexity index is 472. The van der Waals surface area contributed by atoms with Crippen LogP contribution in [0.3, 0.4) is 0 Å². The number of halogens is 1. The molecule has 0 aliphatic carbocycles. The summed E-state index contributed by atoms with van der Waals surface area (Å²) < 4.78 is 22.1. The molecule has 2 heterocycles. The number of hydrogen-bond acceptors (Lipinski definition) is 4. The summed E-state index contributed by atoms with van der Waals surface area (Å²) in [5.41, 5.74) is 0. The molecule has 0 saturated carbocycles. The van der Waals surface area contributed by atoms with Gasteiger partial charge in [-0.2, -0.15) is 0 Å². The van der Waals surface area contributed by atoms with E-state index in [0.29, 0.717) is 5.92 Å². The Labute approximate surface area is 99.7 Å². The van der Waals surface area contributed by atoms with E-state index in [-0.39, 0.29) is 4.90 Å². The first-order valence-corrected chi connectivity index (χ1v) is 7.43.